The second-order valence-corrected chi connectivity index (χ2v) is 9.21. The molecule has 2 unspecified atom stereocenters. The fraction of sp³-hybridized carbons (Fsp3) is 0.296. The Balaban J connectivity index is 1.40. The fourth-order valence-corrected chi connectivity index (χ4v) is 4.82. The largest absolute Gasteiger partial charge is 0.319 e. The number of aromatic nitrogens is 4. The molecule has 0 spiro atoms. The number of hydrogen-bond donors (Lipinski definition) is 2. The molecule has 1 aliphatic heterocycles. The molecule has 5 rings (SSSR count). The number of pyridine rings is 2. The Hall–Kier alpha value is -4.09. The van der Waals surface area contributed by atoms with E-state index in [4.69, 9.17) is 5.26 Å². The molecule has 0 radical (unpaired) electrons. The van der Waals surface area contributed by atoms with Crippen molar-refractivity contribution < 1.29 is 4.79 Å². The number of carbonyl (C=O) groups is 1. The number of nitrogens with one attached hydrogen (secondary N) is 2. The van der Waals surface area contributed by atoms with E-state index in [0.717, 1.165) is 28.6 Å². The van der Waals surface area contributed by atoms with E-state index < -0.39 is 0 Å². The van der Waals surface area contributed by atoms with E-state index in [-0.39, 0.29) is 11.6 Å². The van der Waals surface area contributed by atoms with Crippen LogP contribution in [0.15, 0.2) is 55.0 Å². The zero-order valence-electron chi connectivity index (χ0n) is 19.8. The van der Waals surface area contributed by atoms with Crippen molar-refractivity contribution >= 4 is 22.5 Å². The van der Waals surface area contributed by atoms with Crippen molar-refractivity contribution in [2.45, 2.75) is 51.7 Å². The first-order chi connectivity index (χ1) is 17.0. The summed E-state index contributed by atoms with van der Waals surface area (Å²) in [6, 6.07) is 14.4. The van der Waals surface area contributed by atoms with E-state index in [1.54, 1.807) is 12.1 Å². The molecule has 1 aliphatic rings. The zero-order chi connectivity index (χ0) is 24.4. The molecular weight excluding hydrogens is 438 g/mol. The lowest BCUT2D eigenvalue weighted by atomic mass is 9.96. The van der Waals surface area contributed by atoms with Gasteiger partial charge in [-0.1, -0.05) is 12.5 Å². The van der Waals surface area contributed by atoms with Crippen LogP contribution in [0.2, 0.25) is 0 Å². The average Bonchev–Trinajstić information content (AvgIpc) is 3.30. The number of benzene rings is 1. The number of H-pyrrole nitrogens is 1. The molecular formula is C27H27N7O. The zero-order valence-corrected chi connectivity index (χ0v) is 19.8. The molecule has 0 aliphatic carbocycles. The van der Waals surface area contributed by atoms with Crippen molar-refractivity contribution in [2.75, 3.05) is 5.32 Å². The average molecular weight is 466 g/mol. The highest BCUT2D eigenvalue weighted by Crippen LogP contribution is 2.28. The number of anilines is 1. The number of amides is 1. The number of rotatable bonds is 5. The molecule has 1 saturated heterocycles. The molecule has 0 bridgehead atoms. The Kier molecular flexibility index (Phi) is 6.25. The first-order valence-electron chi connectivity index (χ1n) is 11.9. The van der Waals surface area contributed by atoms with Crippen LogP contribution in [0, 0.1) is 11.3 Å². The summed E-state index contributed by atoms with van der Waals surface area (Å²) in [5, 5.41) is 19.6. The smallest absolute Gasteiger partial charge is 0.276 e. The van der Waals surface area contributed by atoms with Crippen LogP contribution in [0.3, 0.4) is 0 Å². The fourth-order valence-electron chi connectivity index (χ4n) is 4.82. The van der Waals surface area contributed by atoms with Gasteiger partial charge in [0.1, 0.15) is 11.8 Å². The number of likely N-dealkylation sites (tertiary alicyclic amines) is 1. The van der Waals surface area contributed by atoms with Gasteiger partial charge in [0.05, 0.1) is 17.4 Å². The predicted molar refractivity (Wildman–Crippen MR) is 135 cm³/mol. The third-order valence-electron chi connectivity index (χ3n) is 6.78. The normalized spacial score (nSPS) is 18.3. The van der Waals surface area contributed by atoms with E-state index in [9.17, 15) is 4.79 Å². The molecule has 4 aromatic rings. The molecule has 1 aromatic carbocycles. The Morgan fingerprint density at radius 2 is 1.94 bits per heavy atom. The van der Waals surface area contributed by atoms with Gasteiger partial charge in [0.2, 0.25) is 0 Å². The highest BCUT2D eigenvalue weighted by Gasteiger charge is 2.24. The van der Waals surface area contributed by atoms with E-state index in [0.29, 0.717) is 23.5 Å². The minimum Gasteiger partial charge on any atom is -0.319 e. The molecule has 176 valence electrons. The highest BCUT2D eigenvalue weighted by molar-refractivity contribution is 6.11. The third-order valence-corrected chi connectivity index (χ3v) is 6.78. The number of nitriles is 1. The quantitative estimate of drug-likeness (QED) is 0.433. The molecule has 8 nitrogen and oxygen atoms in total. The number of hydrogen-bond acceptors (Lipinski definition) is 6. The van der Waals surface area contributed by atoms with E-state index in [2.05, 4.69) is 50.3 Å². The molecule has 3 aromatic heterocycles. The van der Waals surface area contributed by atoms with Gasteiger partial charge in [-0.2, -0.15) is 10.4 Å². The monoisotopic (exact) mass is 465 g/mol. The van der Waals surface area contributed by atoms with Crippen molar-refractivity contribution in [3.63, 3.8) is 0 Å². The lowest BCUT2D eigenvalue weighted by Gasteiger charge is -2.39. The summed E-state index contributed by atoms with van der Waals surface area (Å²) < 4.78 is 0. The van der Waals surface area contributed by atoms with E-state index in [1.165, 1.54) is 31.0 Å². The number of carbonyl (C=O) groups excluding carboxylic acids is 1. The number of fused-ring (bicyclic) bond motifs is 1. The first kappa shape index (κ1) is 22.7. The molecule has 1 fully saturated rings. The van der Waals surface area contributed by atoms with Crippen LogP contribution < -0.4 is 5.32 Å². The SMILES string of the molecule is CC1CCCC(C)N1Cc1cncc(-c2ccc3[nH]nc(C(=O)Nc4ccc(C#N)nc4)c3c2)c1. The van der Waals surface area contributed by atoms with Gasteiger partial charge in [0.15, 0.2) is 5.69 Å². The maximum absolute atomic E-state index is 12.9. The van der Waals surface area contributed by atoms with Crippen molar-refractivity contribution in [1.29, 1.82) is 5.26 Å². The van der Waals surface area contributed by atoms with Crippen LogP contribution in [0.1, 0.15) is 54.9 Å². The summed E-state index contributed by atoms with van der Waals surface area (Å²) in [7, 11) is 0. The summed E-state index contributed by atoms with van der Waals surface area (Å²) >= 11 is 0. The van der Waals surface area contributed by atoms with E-state index in [1.807, 2.05) is 36.7 Å². The summed E-state index contributed by atoms with van der Waals surface area (Å²) in [6.45, 7) is 5.49. The van der Waals surface area contributed by atoms with Crippen LogP contribution in [0.4, 0.5) is 5.69 Å². The summed E-state index contributed by atoms with van der Waals surface area (Å²) in [4.78, 5) is 24.0. The van der Waals surface area contributed by atoms with Gasteiger partial charge in [0, 0.05) is 42.0 Å². The minimum atomic E-state index is -0.347. The van der Waals surface area contributed by atoms with Crippen LogP contribution in [0.5, 0.6) is 0 Å². The second kappa shape index (κ2) is 9.65. The lowest BCUT2D eigenvalue weighted by molar-refractivity contribution is 0.0952. The summed E-state index contributed by atoms with van der Waals surface area (Å²) in [6.07, 6.45) is 9.02. The topological polar surface area (TPSA) is 111 Å². The van der Waals surface area contributed by atoms with Crippen LogP contribution >= 0.6 is 0 Å². The Morgan fingerprint density at radius 3 is 2.69 bits per heavy atom. The molecule has 2 N–H and O–H groups in total. The van der Waals surface area contributed by atoms with Gasteiger partial charge < -0.3 is 5.32 Å². The molecule has 2 atom stereocenters. The van der Waals surface area contributed by atoms with Gasteiger partial charge in [-0.25, -0.2) is 4.98 Å². The van der Waals surface area contributed by atoms with Gasteiger partial charge >= 0.3 is 0 Å². The Morgan fingerprint density at radius 1 is 1.11 bits per heavy atom. The lowest BCUT2D eigenvalue weighted by Crippen LogP contribution is -2.42. The highest BCUT2D eigenvalue weighted by atomic mass is 16.1. The Bertz CT molecular complexity index is 1390. The van der Waals surface area contributed by atoms with Gasteiger partial charge in [-0.15, -0.1) is 0 Å². The van der Waals surface area contributed by atoms with Crippen LogP contribution in [-0.4, -0.2) is 43.1 Å². The predicted octanol–water partition coefficient (Wildman–Crippen LogP) is 4.91. The molecule has 0 saturated carbocycles. The van der Waals surface area contributed by atoms with Crippen molar-refractivity contribution in [3.05, 3.63) is 71.9 Å². The number of piperidine rings is 1. The second-order valence-electron chi connectivity index (χ2n) is 9.21. The van der Waals surface area contributed by atoms with Gasteiger partial charge in [0.25, 0.3) is 5.91 Å². The molecule has 8 heteroatoms. The van der Waals surface area contributed by atoms with Crippen LogP contribution in [0.25, 0.3) is 22.0 Å². The third kappa shape index (κ3) is 4.77. The van der Waals surface area contributed by atoms with Crippen LogP contribution in [-0.2, 0) is 6.54 Å². The maximum Gasteiger partial charge on any atom is 0.276 e. The first-order valence-corrected chi connectivity index (χ1v) is 11.9. The van der Waals surface area contributed by atoms with Crippen molar-refractivity contribution in [1.82, 2.24) is 25.1 Å². The molecule has 35 heavy (non-hydrogen) atoms. The van der Waals surface area contributed by atoms with Crippen molar-refractivity contribution in [2.24, 2.45) is 0 Å². The van der Waals surface area contributed by atoms with Crippen molar-refractivity contribution in [3.8, 4) is 17.2 Å². The van der Waals surface area contributed by atoms with Gasteiger partial charge in [-0.3, -0.25) is 19.8 Å². The summed E-state index contributed by atoms with van der Waals surface area (Å²) in [5.74, 6) is -0.347. The molecule has 1 amide bonds. The summed E-state index contributed by atoms with van der Waals surface area (Å²) in [5.41, 5.74) is 5.02. The number of aromatic amines is 1. The van der Waals surface area contributed by atoms with E-state index >= 15 is 0 Å². The van der Waals surface area contributed by atoms with Gasteiger partial charge in [-0.05, 0) is 68.1 Å². The Labute approximate surface area is 204 Å². The number of nitrogens with zero attached hydrogens (tertiary/aromatic N) is 5. The maximum atomic E-state index is 12.9. The minimum absolute atomic E-state index is 0.290. The standard InChI is InChI=1S/C27H27N7O/c1-17-4-3-5-18(2)34(17)16-19-10-21(14-29-13-19)20-6-9-25-24(11-20)26(33-32-25)27(35)31-23-8-7-22(12-28)30-15-23/h6-11,13-15,17-18H,3-5,16H2,1-2H3,(H,31,35)(H,32,33). The molecule has 4 heterocycles.